The van der Waals surface area contributed by atoms with Crippen LogP contribution < -0.4 is 5.56 Å². The van der Waals surface area contributed by atoms with E-state index in [9.17, 15) is 14.0 Å². The molecule has 0 aliphatic rings. The Hall–Kier alpha value is -2.43. The maximum atomic E-state index is 12.8. The highest BCUT2D eigenvalue weighted by Gasteiger charge is 2.12. The zero-order valence-corrected chi connectivity index (χ0v) is 9.31. The summed E-state index contributed by atoms with van der Waals surface area (Å²) in [5, 5.41) is 8.80. The topological polar surface area (TPSA) is 70.2 Å². The Kier molecular flexibility index (Phi) is 3.23. The highest BCUT2D eigenvalue weighted by atomic mass is 19.1. The predicted octanol–water partition coefficient (Wildman–Crippen LogP) is 1.81. The minimum absolute atomic E-state index is 0.253. The van der Waals surface area contributed by atoms with Crippen molar-refractivity contribution >= 4 is 5.97 Å². The molecule has 1 aromatic carbocycles. The van der Waals surface area contributed by atoms with Gasteiger partial charge in [-0.25, -0.2) is 4.39 Å². The lowest BCUT2D eigenvalue weighted by Gasteiger charge is -2.06. The lowest BCUT2D eigenvalue weighted by Crippen LogP contribution is -2.13. The summed E-state index contributed by atoms with van der Waals surface area (Å²) in [4.78, 5) is 25.0. The van der Waals surface area contributed by atoms with Gasteiger partial charge in [0.2, 0.25) is 0 Å². The summed E-state index contributed by atoms with van der Waals surface area (Å²) < 4.78 is 12.8. The van der Waals surface area contributed by atoms with Crippen LogP contribution in [0, 0.1) is 5.82 Å². The zero-order chi connectivity index (χ0) is 13.1. The number of hydrogen-bond acceptors (Lipinski definition) is 2. The van der Waals surface area contributed by atoms with Gasteiger partial charge in [-0.2, -0.15) is 0 Å². The van der Waals surface area contributed by atoms with Crippen molar-refractivity contribution in [2.45, 2.75) is 6.42 Å². The number of H-pyrrole nitrogens is 1. The van der Waals surface area contributed by atoms with E-state index in [2.05, 4.69) is 4.98 Å². The van der Waals surface area contributed by atoms with Crippen LogP contribution in [-0.4, -0.2) is 16.1 Å². The van der Waals surface area contributed by atoms with Gasteiger partial charge in [0.05, 0.1) is 12.0 Å². The molecule has 2 rings (SSSR count). The number of pyridine rings is 1. The van der Waals surface area contributed by atoms with Crippen molar-refractivity contribution in [2.75, 3.05) is 0 Å². The smallest absolute Gasteiger partial charge is 0.307 e. The van der Waals surface area contributed by atoms with E-state index in [1.165, 1.54) is 36.5 Å². The van der Waals surface area contributed by atoms with E-state index in [0.29, 0.717) is 11.1 Å². The van der Waals surface area contributed by atoms with Crippen molar-refractivity contribution in [2.24, 2.45) is 0 Å². The normalized spacial score (nSPS) is 10.3. The molecule has 0 saturated carbocycles. The second-order valence-electron chi connectivity index (χ2n) is 3.78. The molecule has 2 aromatic rings. The second-order valence-corrected chi connectivity index (χ2v) is 3.78. The van der Waals surface area contributed by atoms with Crippen molar-refractivity contribution in [3.8, 4) is 11.1 Å². The first-order valence-corrected chi connectivity index (χ1v) is 5.26. The van der Waals surface area contributed by atoms with Gasteiger partial charge in [-0.15, -0.1) is 0 Å². The minimum atomic E-state index is -1.02. The molecule has 5 heteroatoms. The Morgan fingerprint density at radius 3 is 2.50 bits per heavy atom. The molecular formula is C13H10FNO3. The third kappa shape index (κ3) is 2.45. The number of carboxylic acids is 1. The largest absolute Gasteiger partial charge is 0.481 e. The van der Waals surface area contributed by atoms with Crippen LogP contribution in [0.1, 0.15) is 5.56 Å². The highest BCUT2D eigenvalue weighted by molar-refractivity contribution is 5.76. The van der Waals surface area contributed by atoms with Crippen LogP contribution >= 0.6 is 0 Å². The Labute approximate surface area is 102 Å². The third-order valence-electron chi connectivity index (χ3n) is 2.52. The first-order valence-electron chi connectivity index (χ1n) is 5.26. The molecule has 0 aliphatic carbocycles. The standard InChI is InChI=1S/C13H10FNO3/c14-10-3-1-8(2-4-10)12-9(7-11(16)17)5-6-15-13(12)18/h1-6H,7H2,(H,15,18)(H,16,17). The summed E-state index contributed by atoms with van der Waals surface area (Å²) in [6.07, 6.45) is 1.14. The monoisotopic (exact) mass is 247 g/mol. The van der Waals surface area contributed by atoms with Crippen LogP contribution in [0.3, 0.4) is 0 Å². The van der Waals surface area contributed by atoms with Gasteiger partial charge in [-0.3, -0.25) is 9.59 Å². The SMILES string of the molecule is O=C(O)Cc1cc[nH]c(=O)c1-c1ccc(F)cc1. The molecule has 92 valence electrons. The number of aromatic amines is 1. The molecule has 0 aliphatic heterocycles. The van der Waals surface area contributed by atoms with Crippen molar-refractivity contribution < 1.29 is 14.3 Å². The van der Waals surface area contributed by atoms with Crippen LogP contribution in [0.5, 0.6) is 0 Å². The quantitative estimate of drug-likeness (QED) is 0.868. The fourth-order valence-corrected chi connectivity index (χ4v) is 1.76. The fraction of sp³-hybridized carbons (Fsp3) is 0.0769. The fourth-order valence-electron chi connectivity index (χ4n) is 1.76. The molecule has 0 spiro atoms. The average Bonchev–Trinajstić information content (AvgIpc) is 2.30. The zero-order valence-electron chi connectivity index (χ0n) is 9.31. The maximum absolute atomic E-state index is 12.8. The Morgan fingerprint density at radius 2 is 1.89 bits per heavy atom. The molecule has 0 amide bonds. The summed E-state index contributed by atoms with van der Waals surface area (Å²) >= 11 is 0. The van der Waals surface area contributed by atoms with Crippen molar-refractivity contribution in [1.29, 1.82) is 0 Å². The van der Waals surface area contributed by atoms with Gasteiger partial charge >= 0.3 is 5.97 Å². The third-order valence-corrected chi connectivity index (χ3v) is 2.52. The molecular weight excluding hydrogens is 237 g/mol. The van der Waals surface area contributed by atoms with Gasteiger partial charge in [-0.1, -0.05) is 12.1 Å². The Morgan fingerprint density at radius 1 is 1.22 bits per heavy atom. The van der Waals surface area contributed by atoms with Crippen molar-refractivity contribution in [3.05, 3.63) is 58.3 Å². The molecule has 0 bridgehead atoms. The summed E-state index contributed by atoms with van der Waals surface area (Å²) in [5.74, 6) is -1.44. The molecule has 18 heavy (non-hydrogen) atoms. The highest BCUT2D eigenvalue weighted by Crippen LogP contribution is 2.20. The molecule has 0 saturated heterocycles. The number of benzene rings is 1. The van der Waals surface area contributed by atoms with Gasteiger partial charge in [-0.05, 0) is 29.3 Å². The summed E-state index contributed by atoms with van der Waals surface area (Å²) in [5.41, 5.74) is 0.771. The van der Waals surface area contributed by atoms with Crippen LogP contribution in [-0.2, 0) is 11.2 Å². The molecule has 0 unspecified atom stereocenters. The van der Waals surface area contributed by atoms with Crippen molar-refractivity contribution in [1.82, 2.24) is 4.98 Å². The number of nitrogens with one attached hydrogen (secondary N) is 1. The number of halogens is 1. The van der Waals surface area contributed by atoms with Crippen LogP contribution in [0.25, 0.3) is 11.1 Å². The van der Waals surface area contributed by atoms with Crippen LogP contribution in [0.2, 0.25) is 0 Å². The number of carboxylic acid groups (broad SMARTS) is 1. The average molecular weight is 247 g/mol. The van der Waals surface area contributed by atoms with E-state index in [-0.39, 0.29) is 17.5 Å². The predicted molar refractivity (Wildman–Crippen MR) is 63.8 cm³/mol. The molecule has 0 atom stereocenters. The van der Waals surface area contributed by atoms with Gasteiger partial charge in [0.25, 0.3) is 5.56 Å². The number of aliphatic carboxylic acids is 1. The van der Waals surface area contributed by atoms with E-state index in [0.717, 1.165) is 0 Å². The van der Waals surface area contributed by atoms with E-state index < -0.39 is 11.8 Å². The summed E-state index contributed by atoms with van der Waals surface area (Å²) in [7, 11) is 0. The van der Waals surface area contributed by atoms with Crippen molar-refractivity contribution in [3.63, 3.8) is 0 Å². The van der Waals surface area contributed by atoms with Crippen LogP contribution in [0.15, 0.2) is 41.3 Å². The van der Waals surface area contributed by atoms with Gasteiger partial charge < -0.3 is 10.1 Å². The number of hydrogen-bond donors (Lipinski definition) is 2. The van der Waals surface area contributed by atoms with E-state index in [4.69, 9.17) is 5.11 Å². The lowest BCUT2D eigenvalue weighted by molar-refractivity contribution is -0.136. The minimum Gasteiger partial charge on any atom is -0.481 e. The molecule has 2 N–H and O–H groups in total. The maximum Gasteiger partial charge on any atom is 0.307 e. The Balaban J connectivity index is 2.58. The molecule has 0 radical (unpaired) electrons. The Bertz CT molecular complexity index is 631. The molecule has 4 nitrogen and oxygen atoms in total. The first kappa shape index (κ1) is 12.0. The van der Waals surface area contributed by atoms with E-state index in [1.807, 2.05) is 0 Å². The molecule has 0 fully saturated rings. The van der Waals surface area contributed by atoms with Crippen LogP contribution in [0.4, 0.5) is 4.39 Å². The second kappa shape index (κ2) is 4.83. The van der Waals surface area contributed by atoms with Gasteiger partial charge in [0.15, 0.2) is 0 Å². The first-order chi connectivity index (χ1) is 8.58. The lowest BCUT2D eigenvalue weighted by atomic mass is 10.00. The van der Waals surface area contributed by atoms with E-state index in [1.54, 1.807) is 0 Å². The van der Waals surface area contributed by atoms with Gasteiger partial charge in [0.1, 0.15) is 5.82 Å². The number of aromatic nitrogens is 1. The van der Waals surface area contributed by atoms with Gasteiger partial charge in [0, 0.05) is 6.20 Å². The molecule has 1 heterocycles. The number of carbonyl (C=O) groups is 1. The van der Waals surface area contributed by atoms with E-state index >= 15 is 0 Å². The summed E-state index contributed by atoms with van der Waals surface area (Å²) in [6.45, 7) is 0. The molecule has 1 aromatic heterocycles. The number of rotatable bonds is 3. The summed E-state index contributed by atoms with van der Waals surface area (Å²) in [6, 6.07) is 6.89.